The Hall–Kier alpha value is -2.18. The number of carbonyl (C=O) groups is 2. The highest BCUT2D eigenvalue weighted by molar-refractivity contribution is 7.23. The molecule has 2 N–H and O–H groups in total. The summed E-state index contributed by atoms with van der Waals surface area (Å²) in [6.07, 6.45) is 2.17. The van der Waals surface area contributed by atoms with Gasteiger partial charge in [-0.3, -0.25) is 9.59 Å². The van der Waals surface area contributed by atoms with E-state index in [1.807, 2.05) is 30.3 Å². The third-order valence-electron chi connectivity index (χ3n) is 3.87. The number of fused-ring (bicyclic) bond motifs is 1. The summed E-state index contributed by atoms with van der Waals surface area (Å²) in [7, 11) is 0. The van der Waals surface area contributed by atoms with Crippen molar-refractivity contribution in [3.63, 3.8) is 0 Å². The molecular weight excluding hydrogens is 340 g/mol. The molecule has 0 radical (unpaired) electrons. The van der Waals surface area contributed by atoms with Crippen LogP contribution in [0.3, 0.4) is 0 Å². The largest absolute Gasteiger partial charge is 0.349 e. The first kappa shape index (κ1) is 15.4. The molecule has 1 aliphatic rings. The van der Waals surface area contributed by atoms with Crippen molar-refractivity contribution in [1.29, 1.82) is 0 Å². The van der Waals surface area contributed by atoms with Gasteiger partial charge in [0.15, 0.2) is 0 Å². The lowest BCUT2D eigenvalue weighted by Crippen LogP contribution is -2.24. The van der Waals surface area contributed by atoms with Crippen LogP contribution in [0.15, 0.2) is 36.4 Å². The minimum atomic E-state index is -0.0711. The Bertz CT molecular complexity index is 938. The van der Waals surface area contributed by atoms with Crippen LogP contribution >= 0.6 is 22.7 Å². The normalized spacial score (nSPS) is 13.9. The van der Waals surface area contributed by atoms with Crippen LogP contribution in [0.5, 0.6) is 0 Å². The Morgan fingerprint density at radius 2 is 1.96 bits per heavy atom. The van der Waals surface area contributed by atoms with Gasteiger partial charge in [-0.05, 0) is 37.1 Å². The molecule has 1 aliphatic carbocycles. The summed E-state index contributed by atoms with van der Waals surface area (Å²) in [6.45, 7) is 1.51. The van der Waals surface area contributed by atoms with E-state index >= 15 is 0 Å². The molecule has 4 nitrogen and oxygen atoms in total. The van der Waals surface area contributed by atoms with Crippen LogP contribution in [0.2, 0.25) is 0 Å². The molecular formula is C18H16N2O2S2. The van der Waals surface area contributed by atoms with Gasteiger partial charge in [0.1, 0.15) is 0 Å². The van der Waals surface area contributed by atoms with Gasteiger partial charge in [-0.1, -0.05) is 12.1 Å². The predicted octanol–water partition coefficient (Wildman–Crippen LogP) is 4.48. The number of benzene rings is 1. The molecule has 122 valence electrons. The Kier molecular flexibility index (Phi) is 3.86. The van der Waals surface area contributed by atoms with Gasteiger partial charge in [0.2, 0.25) is 5.91 Å². The fourth-order valence-corrected chi connectivity index (χ4v) is 4.58. The molecule has 0 spiro atoms. The summed E-state index contributed by atoms with van der Waals surface area (Å²) >= 11 is 3.06. The molecule has 2 aromatic heterocycles. The van der Waals surface area contributed by atoms with Crippen LogP contribution in [0.1, 0.15) is 29.4 Å². The van der Waals surface area contributed by atoms with Crippen LogP contribution in [0.4, 0.5) is 5.00 Å². The van der Waals surface area contributed by atoms with Crippen LogP contribution < -0.4 is 10.6 Å². The number of nitrogens with one attached hydrogen (secondary N) is 2. The molecule has 2 amide bonds. The molecule has 0 aliphatic heterocycles. The zero-order valence-corrected chi connectivity index (χ0v) is 14.7. The number of hydrogen-bond acceptors (Lipinski definition) is 4. The predicted molar refractivity (Wildman–Crippen MR) is 99.9 cm³/mol. The average Bonchev–Trinajstić information content (AvgIpc) is 3.07. The fraction of sp³-hybridized carbons (Fsp3) is 0.222. The van der Waals surface area contributed by atoms with Gasteiger partial charge in [0.25, 0.3) is 5.91 Å². The Balaban J connectivity index is 1.68. The maximum Gasteiger partial charge on any atom is 0.261 e. The second-order valence-electron chi connectivity index (χ2n) is 5.92. The number of rotatable bonds is 4. The molecule has 6 heteroatoms. The molecule has 4 rings (SSSR count). The van der Waals surface area contributed by atoms with Crippen molar-refractivity contribution in [3.8, 4) is 10.4 Å². The molecule has 0 saturated heterocycles. The van der Waals surface area contributed by atoms with E-state index in [9.17, 15) is 9.59 Å². The van der Waals surface area contributed by atoms with E-state index in [0.29, 0.717) is 6.04 Å². The molecule has 0 atom stereocenters. The van der Waals surface area contributed by atoms with Crippen molar-refractivity contribution < 1.29 is 9.59 Å². The van der Waals surface area contributed by atoms with E-state index in [-0.39, 0.29) is 11.8 Å². The first-order valence-electron chi connectivity index (χ1n) is 7.81. The lowest BCUT2D eigenvalue weighted by Gasteiger charge is -2.01. The molecule has 0 bridgehead atoms. The molecule has 24 heavy (non-hydrogen) atoms. The standard InChI is InChI=1S/C18H16N2O2S2/c1-10(21)19-17-9-13-12(3-2-4-14(13)24-17)15-7-8-16(23-15)18(22)20-11-5-6-11/h2-4,7-9,11H,5-6H2,1H3,(H,19,21)(H,20,22). The third kappa shape index (κ3) is 3.07. The van der Waals surface area contributed by atoms with Gasteiger partial charge < -0.3 is 10.6 Å². The van der Waals surface area contributed by atoms with Crippen molar-refractivity contribution >= 4 is 49.6 Å². The van der Waals surface area contributed by atoms with E-state index < -0.39 is 0 Å². The topological polar surface area (TPSA) is 58.2 Å². The van der Waals surface area contributed by atoms with E-state index in [4.69, 9.17) is 0 Å². The monoisotopic (exact) mass is 356 g/mol. The second-order valence-corrected chi connectivity index (χ2v) is 8.09. The first-order chi connectivity index (χ1) is 11.6. The second kappa shape index (κ2) is 6.03. The van der Waals surface area contributed by atoms with E-state index in [1.165, 1.54) is 18.3 Å². The smallest absolute Gasteiger partial charge is 0.261 e. The summed E-state index contributed by atoms with van der Waals surface area (Å²) in [5.41, 5.74) is 1.09. The van der Waals surface area contributed by atoms with Gasteiger partial charge in [0, 0.05) is 33.5 Å². The number of thiophene rings is 2. The quantitative estimate of drug-likeness (QED) is 0.724. The summed E-state index contributed by atoms with van der Waals surface area (Å²) in [5, 5.41) is 7.81. The lowest BCUT2D eigenvalue weighted by atomic mass is 10.1. The Morgan fingerprint density at radius 1 is 1.12 bits per heavy atom. The van der Waals surface area contributed by atoms with Crippen molar-refractivity contribution in [2.75, 3.05) is 5.32 Å². The molecule has 1 aromatic carbocycles. The fourth-order valence-electron chi connectivity index (χ4n) is 2.60. The molecule has 0 unspecified atom stereocenters. The average molecular weight is 356 g/mol. The highest BCUT2D eigenvalue weighted by atomic mass is 32.1. The van der Waals surface area contributed by atoms with Gasteiger partial charge in [-0.2, -0.15) is 0 Å². The van der Waals surface area contributed by atoms with E-state index in [2.05, 4.69) is 16.7 Å². The zero-order chi connectivity index (χ0) is 16.7. The maximum absolute atomic E-state index is 12.2. The molecule has 2 heterocycles. The summed E-state index contributed by atoms with van der Waals surface area (Å²) in [6, 6.07) is 12.4. The highest BCUT2D eigenvalue weighted by Crippen LogP contribution is 2.39. The van der Waals surface area contributed by atoms with Crippen LogP contribution in [-0.2, 0) is 4.79 Å². The number of amides is 2. The zero-order valence-electron chi connectivity index (χ0n) is 13.1. The minimum Gasteiger partial charge on any atom is -0.349 e. The molecule has 3 aromatic rings. The molecule has 1 fully saturated rings. The van der Waals surface area contributed by atoms with Crippen LogP contribution in [0.25, 0.3) is 20.5 Å². The number of anilines is 1. The van der Waals surface area contributed by atoms with Gasteiger partial charge in [-0.25, -0.2) is 0 Å². The summed E-state index contributed by atoms with van der Waals surface area (Å²) < 4.78 is 1.12. The number of carbonyl (C=O) groups excluding carboxylic acids is 2. The van der Waals surface area contributed by atoms with Gasteiger partial charge in [-0.15, -0.1) is 22.7 Å². The Morgan fingerprint density at radius 3 is 2.71 bits per heavy atom. The van der Waals surface area contributed by atoms with Crippen LogP contribution in [-0.4, -0.2) is 17.9 Å². The van der Waals surface area contributed by atoms with Crippen molar-refractivity contribution in [2.45, 2.75) is 25.8 Å². The first-order valence-corrected chi connectivity index (χ1v) is 9.44. The van der Waals surface area contributed by atoms with Gasteiger partial charge >= 0.3 is 0 Å². The van der Waals surface area contributed by atoms with E-state index in [1.54, 1.807) is 11.3 Å². The SMILES string of the molecule is CC(=O)Nc1cc2c(-c3ccc(C(=O)NC4CC4)s3)cccc2s1. The van der Waals surface area contributed by atoms with Crippen LogP contribution in [0, 0.1) is 0 Å². The highest BCUT2D eigenvalue weighted by Gasteiger charge is 2.24. The third-order valence-corrected chi connectivity index (χ3v) is 6.00. The van der Waals surface area contributed by atoms with Crippen molar-refractivity contribution in [2.24, 2.45) is 0 Å². The Labute approximate surface area is 147 Å². The maximum atomic E-state index is 12.2. The molecule has 1 saturated carbocycles. The number of hydrogen-bond donors (Lipinski definition) is 2. The lowest BCUT2D eigenvalue weighted by molar-refractivity contribution is -0.114. The van der Waals surface area contributed by atoms with Crippen molar-refractivity contribution in [3.05, 3.63) is 41.3 Å². The summed E-state index contributed by atoms with van der Waals surface area (Å²) in [4.78, 5) is 25.3. The summed E-state index contributed by atoms with van der Waals surface area (Å²) in [5.74, 6) is -0.0524. The van der Waals surface area contributed by atoms with Crippen molar-refractivity contribution in [1.82, 2.24) is 5.32 Å². The van der Waals surface area contributed by atoms with Gasteiger partial charge in [0.05, 0.1) is 9.88 Å². The minimum absolute atomic E-state index is 0.0187. The van der Waals surface area contributed by atoms with E-state index in [0.717, 1.165) is 43.2 Å².